The molecule has 1 saturated heterocycles. The van der Waals surface area contributed by atoms with Gasteiger partial charge in [-0.1, -0.05) is 18.2 Å². The fraction of sp³-hybridized carbons (Fsp3) is 0.368. The van der Waals surface area contributed by atoms with Crippen LogP contribution in [-0.4, -0.2) is 54.7 Å². The molecule has 8 heteroatoms. The summed E-state index contributed by atoms with van der Waals surface area (Å²) < 4.78 is 1.89. The summed E-state index contributed by atoms with van der Waals surface area (Å²) >= 11 is 0. The maximum Gasteiger partial charge on any atom is 0.352 e. The first-order chi connectivity index (χ1) is 13.0. The SMILES string of the molecule is Cn1cnnc1C1CCCN(C(=O)Cc2c(C(=O)O)[nH]c3ccccc23)C1. The number of aryl methyl sites for hydroxylation is 1. The number of para-hydroxylation sites is 1. The van der Waals surface area contributed by atoms with Crippen molar-refractivity contribution in [3.63, 3.8) is 0 Å². The number of carboxylic acids is 1. The zero-order valence-corrected chi connectivity index (χ0v) is 15.1. The monoisotopic (exact) mass is 367 g/mol. The zero-order chi connectivity index (χ0) is 19.0. The fourth-order valence-corrected chi connectivity index (χ4v) is 3.91. The summed E-state index contributed by atoms with van der Waals surface area (Å²) in [7, 11) is 1.90. The van der Waals surface area contributed by atoms with Crippen molar-refractivity contribution < 1.29 is 14.7 Å². The van der Waals surface area contributed by atoms with Gasteiger partial charge < -0.3 is 19.6 Å². The molecule has 1 aliphatic rings. The highest BCUT2D eigenvalue weighted by Gasteiger charge is 2.29. The van der Waals surface area contributed by atoms with Crippen molar-refractivity contribution in [1.29, 1.82) is 0 Å². The van der Waals surface area contributed by atoms with Crippen LogP contribution in [-0.2, 0) is 18.3 Å². The van der Waals surface area contributed by atoms with E-state index in [1.54, 1.807) is 6.33 Å². The van der Waals surface area contributed by atoms with Gasteiger partial charge in [-0.25, -0.2) is 4.79 Å². The van der Waals surface area contributed by atoms with E-state index in [2.05, 4.69) is 15.2 Å². The van der Waals surface area contributed by atoms with E-state index < -0.39 is 5.97 Å². The van der Waals surface area contributed by atoms with Gasteiger partial charge in [0.2, 0.25) is 5.91 Å². The van der Waals surface area contributed by atoms with Gasteiger partial charge in [0.1, 0.15) is 17.8 Å². The highest BCUT2D eigenvalue weighted by Crippen LogP contribution is 2.27. The lowest BCUT2D eigenvalue weighted by Crippen LogP contribution is -2.40. The summed E-state index contributed by atoms with van der Waals surface area (Å²) in [6.07, 6.45) is 3.59. The van der Waals surface area contributed by atoms with Crippen molar-refractivity contribution in [2.45, 2.75) is 25.2 Å². The number of benzene rings is 1. The number of rotatable bonds is 4. The Morgan fingerprint density at radius 2 is 2.15 bits per heavy atom. The van der Waals surface area contributed by atoms with E-state index in [0.29, 0.717) is 18.7 Å². The van der Waals surface area contributed by atoms with Gasteiger partial charge in [-0.3, -0.25) is 4.79 Å². The van der Waals surface area contributed by atoms with Crippen molar-refractivity contribution in [3.8, 4) is 0 Å². The molecular formula is C19H21N5O3. The topological polar surface area (TPSA) is 104 Å². The Morgan fingerprint density at radius 1 is 1.33 bits per heavy atom. The second kappa shape index (κ2) is 6.86. The van der Waals surface area contributed by atoms with Gasteiger partial charge in [-0.2, -0.15) is 0 Å². The lowest BCUT2D eigenvalue weighted by Gasteiger charge is -2.32. The van der Waals surface area contributed by atoms with Gasteiger partial charge in [0.05, 0.1) is 6.42 Å². The van der Waals surface area contributed by atoms with Gasteiger partial charge in [0.25, 0.3) is 0 Å². The predicted molar refractivity (Wildman–Crippen MR) is 98.5 cm³/mol. The minimum absolute atomic E-state index is 0.0610. The Labute approximate surface area is 155 Å². The first-order valence-electron chi connectivity index (χ1n) is 8.99. The Kier molecular flexibility index (Phi) is 4.39. The number of hydrogen-bond acceptors (Lipinski definition) is 4. The smallest absolute Gasteiger partial charge is 0.352 e. The lowest BCUT2D eigenvalue weighted by molar-refractivity contribution is -0.131. The van der Waals surface area contributed by atoms with E-state index >= 15 is 0 Å². The molecule has 3 heterocycles. The van der Waals surface area contributed by atoms with Crippen molar-refractivity contribution in [2.75, 3.05) is 13.1 Å². The first kappa shape index (κ1) is 17.3. The molecule has 0 spiro atoms. The van der Waals surface area contributed by atoms with Gasteiger partial charge in [-0.15, -0.1) is 10.2 Å². The molecule has 1 fully saturated rings. The molecule has 2 N–H and O–H groups in total. The van der Waals surface area contributed by atoms with Crippen LogP contribution in [0.15, 0.2) is 30.6 Å². The molecular weight excluding hydrogens is 346 g/mol. The summed E-state index contributed by atoms with van der Waals surface area (Å²) in [4.78, 5) is 29.3. The van der Waals surface area contributed by atoms with Crippen molar-refractivity contribution in [3.05, 3.63) is 47.7 Å². The van der Waals surface area contributed by atoms with Crippen LogP contribution in [0, 0.1) is 0 Å². The van der Waals surface area contributed by atoms with Crippen LogP contribution in [0.3, 0.4) is 0 Å². The maximum atomic E-state index is 13.0. The molecule has 8 nitrogen and oxygen atoms in total. The molecule has 1 atom stereocenters. The van der Waals surface area contributed by atoms with Gasteiger partial charge >= 0.3 is 5.97 Å². The van der Waals surface area contributed by atoms with Crippen molar-refractivity contribution >= 4 is 22.8 Å². The molecule has 1 unspecified atom stereocenters. The number of fused-ring (bicyclic) bond motifs is 1. The number of amides is 1. The maximum absolute atomic E-state index is 13.0. The molecule has 1 aromatic carbocycles. The number of hydrogen-bond donors (Lipinski definition) is 2. The third kappa shape index (κ3) is 3.18. The van der Waals surface area contributed by atoms with E-state index in [9.17, 15) is 14.7 Å². The average molecular weight is 367 g/mol. The zero-order valence-electron chi connectivity index (χ0n) is 15.1. The Balaban J connectivity index is 1.57. The van der Waals surface area contributed by atoms with E-state index in [1.807, 2.05) is 40.8 Å². The molecule has 0 bridgehead atoms. The predicted octanol–water partition coefficient (Wildman–Crippen LogP) is 1.94. The molecule has 2 aromatic heterocycles. The van der Waals surface area contributed by atoms with E-state index in [0.717, 1.165) is 29.6 Å². The number of carboxylic acid groups (broad SMARTS) is 1. The van der Waals surface area contributed by atoms with E-state index in [4.69, 9.17) is 0 Å². The van der Waals surface area contributed by atoms with Crippen LogP contribution in [0.2, 0.25) is 0 Å². The van der Waals surface area contributed by atoms with E-state index in [1.165, 1.54) is 0 Å². The molecule has 1 amide bonds. The average Bonchev–Trinajstić information content (AvgIpc) is 3.26. The lowest BCUT2D eigenvalue weighted by atomic mass is 9.96. The number of H-pyrrole nitrogens is 1. The van der Waals surface area contributed by atoms with Crippen LogP contribution in [0.25, 0.3) is 10.9 Å². The molecule has 0 saturated carbocycles. The van der Waals surface area contributed by atoms with Crippen LogP contribution in [0.1, 0.15) is 40.6 Å². The molecule has 4 rings (SSSR count). The van der Waals surface area contributed by atoms with Gasteiger partial charge in [0, 0.05) is 42.5 Å². The number of nitrogens with zero attached hydrogens (tertiary/aromatic N) is 4. The number of nitrogens with one attached hydrogen (secondary N) is 1. The van der Waals surface area contributed by atoms with Gasteiger partial charge in [-0.05, 0) is 18.9 Å². The summed E-state index contributed by atoms with van der Waals surface area (Å²) in [6, 6.07) is 7.35. The van der Waals surface area contributed by atoms with Crippen LogP contribution < -0.4 is 0 Å². The van der Waals surface area contributed by atoms with Crippen LogP contribution in [0.4, 0.5) is 0 Å². The molecule has 0 radical (unpaired) electrons. The minimum atomic E-state index is -1.05. The molecule has 27 heavy (non-hydrogen) atoms. The van der Waals surface area contributed by atoms with Crippen LogP contribution >= 0.6 is 0 Å². The Morgan fingerprint density at radius 3 is 2.89 bits per heavy atom. The van der Waals surface area contributed by atoms with E-state index in [-0.39, 0.29) is 23.9 Å². The first-order valence-corrected chi connectivity index (χ1v) is 8.99. The number of likely N-dealkylation sites (tertiary alicyclic amines) is 1. The van der Waals surface area contributed by atoms with Crippen LogP contribution in [0.5, 0.6) is 0 Å². The molecule has 0 aliphatic carbocycles. The van der Waals surface area contributed by atoms with Gasteiger partial charge in [0.15, 0.2) is 0 Å². The largest absolute Gasteiger partial charge is 0.477 e. The Bertz CT molecular complexity index is 1010. The second-order valence-electron chi connectivity index (χ2n) is 6.99. The fourth-order valence-electron chi connectivity index (χ4n) is 3.91. The summed E-state index contributed by atoms with van der Waals surface area (Å²) in [5.41, 5.74) is 1.36. The number of aromatic amines is 1. The Hall–Kier alpha value is -3.16. The molecule has 140 valence electrons. The third-order valence-electron chi connectivity index (χ3n) is 5.24. The second-order valence-corrected chi connectivity index (χ2v) is 6.99. The van der Waals surface area contributed by atoms with Crippen molar-refractivity contribution in [2.24, 2.45) is 7.05 Å². The summed E-state index contributed by atoms with van der Waals surface area (Å²) in [5, 5.41) is 18.4. The van der Waals surface area contributed by atoms with Crippen molar-refractivity contribution in [1.82, 2.24) is 24.6 Å². The normalized spacial score (nSPS) is 17.4. The summed E-state index contributed by atoms with van der Waals surface area (Å²) in [5.74, 6) is -0.0818. The number of piperidine rings is 1. The molecule has 1 aliphatic heterocycles. The molecule has 3 aromatic rings. The highest BCUT2D eigenvalue weighted by molar-refractivity contribution is 6.00. The number of carbonyl (C=O) groups excluding carboxylic acids is 1. The summed E-state index contributed by atoms with van der Waals surface area (Å²) in [6.45, 7) is 1.26. The quantitative estimate of drug-likeness (QED) is 0.733. The number of aromatic nitrogens is 4. The number of carbonyl (C=O) groups is 2. The standard InChI is InChI=1S/C19H21N5O3/c1-23-11-20-22-18(23)12-5-4-8-24(10-12)16(25)9-14-13-6-2-3-7-15(13)21-17(14)19(26)27/h2-3,6-7,11-12,21H,4-5,8-10H2,1H3,(H,26,27). The number of aromatic carboxylic acids is 1. The minimum Gasteiger partial charge on any atom is -0.477 e. The third-order valence-corrected chi connectivity index (χ3v) is 5.24. The highest BCUT2D eigenvalue weighted by atomic mass is 16.4.